The number of fused-ring (bicyclic) bond motifs is 10. The monoisotopic (exact) mass is 499 g/mol. The SMILES string of the molecule is c1cc(-c2cccc3oc4ccccc4c23)cc(-n2c3ccccc3c3c4oc5ccccc5c4ccc32)c1. The van der Waals surface area contributed by atoms with E-state index in [0.717, 1.165) is 71.5 Å². The lowest BCUT2D eigenvalue weighted by atomic mass is 9.99. The molecule has 0 aliphatic carbocycles. The Hall–Kier alpha value is -5.28. The molecule has 0 atom stereocenters. The van der Waals surface area contributed by atoms with E-state index in [2.05, 4.69) is 102 Å². The summed E-state index contributed by atoms with van der Waals surface area (Å²) in [5, 5.41) is 6.91. The van der Waals surface area contributed by atoms with Crippen LogP contribution in [0.25, 0.3) is 82.5 Å². The topological polar surface area (TPSA) is 31.2 Å². The molecule has 39 heavy (non-hydrogen) atoms. The molecule has 9 rings (SSSR count). The van der Waals surface area contributed by atoms with E-state index < -0.39 is 0 Å². The van der Waals surface area contributed by atoms with Crippen LogP contribution in [-0.2, 0) is 0 Å². The van der Waals surface area contributed by atoms with Gasteiger partial charge in [-0.15, -0.1) is 0 Å². The zero-order chi connectivity index (χ0) is 25.5. The van der Waals surface area contributed by atoms with Gasteiger partial charge < -0.3 is 13.4 Å². The van der Waals surface area contributed by atoms with Crippen molar-refractivity contribution >= 4 is 65.7 Å². The van der Waals surface area contributed by atoms with Gasteiger partial charge in [0.05, 0.1) is 16.4 Å². The number of furan rings is 2. The first-order valence-corrected chi connectivity index (χ1v) is 13.2. The fraction of sp³-hybridized carbons (Fsp3) is 0. The summed E-state index contributed by atoms with van der Waals surface area (Å²) >= 11 is 0. The lowest BCUT2D eigenvalue weighted by Crippen LogP contribution is -1.94. The first-order chi connectivity index (χ1) is 19.3. The summed E-state index contributed by atoms with van der Waals surface area (Å²) in [7, 11) is 0. The number of nitrogens with zero attached hydrogens (tertiary/aromatic N) is 1. The van der Waals surface area contributed by atoms with E-state index in [1.165, 1.54) is 10.9 Å². The van der Waals surface area contributed by atoms with E-state index in [1.54, 1.807) is 0 Å². The number of para-hydroxylation sites is 3. The van der Waals surface area contributed by atoms with E-state index in [-0.39, 0.29) is 0 Å². The predicted octanol–water partition coefficient (Wildman–Crippen LogP) is 10.2. The lowest BCUT2D eigenvalue weighted by molar-refractivity contribution is 0.669. The van der Waals surface area contributed by atoms with Crippen molar-refractivity contribution in [2.45, 2.75) is 0 Å². The van der Waals surface area contributed by atoms with E-state index in [9.17, 15) is 0 Å². The van der Waals surface area contributed by atoms with Gasteiger partial charge in [0.15, 0.2) is 0 Å². The lowest BCUT2D eigenvalue weighted by Gasteiger charge is -2.11. The highest BCUT2D eigenvalue weighted by Crippen LogP contribution is 2.41. The predicted molar refractivity (Wildman–Crippen MR) is 161 cm³/mol. The number of benzene rings is 6. The molecule has 0 saturated carbocycles. The molecule has 0 N–H and O–H groups in total. The maximum absolute atomic E-state index is 6.47. The van der Waals surface area contributed by atoms with Crippen LogP contribution in [0, 0.1) is 0 Å². The Labute approximate surface area is 223 Å². The van der Waals surface area contributed by atoms with Crippen LogP contribution in [0.2, 0.25) is 0 Å². The molecule has 0 aliphatic heterocycles. The Bertz CT molecular complexity index is 2400. The zero-order valence-electron chi connectivity index (χ0n) is 20.9. The van der Waals surface area contributed by atoms with Gasteiger partial charge in [-0.2, -0.15) is 0 Å². The molecule has 0 radical (unpaired) electrons. The summed E-state index contributed by atoms with van der Waals surface area (Å²) in [6, 6.07) is 44.7. The van der Waals surface area contributed by atoms with Gasteiger partial charge in [-0.25, -0.2) is 0 Å². The van der Waals surface area contributed by atoms with Gasteiger partial charge in [0.2, 0.25) is 0 Å². The van der Waals surface area contributed by atoms with Crippen LogP contribution in [0.15, 0.2) is 136 Å². The summed E-state index contributed by atoms with van der Waals surface area (Å²) < 4.78 is 15.0. The van der Waals surface area contributed by atoms with Crippen LogP contribution < -0.4 is 0 Å². The molecule has 3 nitrogen and oxygen atoms in total. The van der Waals surface area contributed by atoms with Gasteiger partial charge in [0.25, 0.3) is 0 Å². The van der Waals surface area contributed by atoms with Crippen LogP contribution in [-0.4, -0.2) is 4.57 Å². The average molecular weight is 500 g/mol. The number of aromatic nitrogens is 1. The molecule has 0 bridgehead atoms. The first kappa shape index (κ1) is 20.7. The van der Waals surface area contributed by atoms with Gasteiger partial charge >= 0.3 is 0 Å². The molecule has 0 aliphatic rings. The molecular weight excluding hydrogens is 478 g/mol. The smallest absolute Gasteiger partial charge is 0.145 e. The van der Waals surface area contributed by atoms with Crippen molar-refractivity contribution in [3.63, 3.8) is 0 Å². The van der Waals surface area contributed by atoms with Crippen LogP contribution in [0.1, 0.15) is 0 Å². The van der Waals surface area contributed by atoms with Crippen molar-refractivity contribution in [3.8, 4) is 16.8 Å². The van der Waals surface area contributed by atoms with Crippen molar-refractivity contribution in [1.82, 2.24) is 4.57 Å². The molecule has 9 aromatic rings. The van der Waals surface area contributed by atoms with Crippen molar-refractivity contribution in [1.29, 1.82) is 0 Å². The van der Waals surface area contributed by atoms with Crippen LogP contribution in [0.5, 0.6) is 0 Å². The number of hydrogen-bond acceptors (Lipinski definition) is 2. The molecule has 0 saturated heterocycles. The van der Waals surface area contributed by atoms with E-state index in [4.69, 9.17) is 8.83 Å². The molecular formula is C36H21NO2. The summed E-state index contributed by atoms with van der Waals surface area (Å²) in [6.45, 7) is 0. The van der Waals surface area contributed by atoms with Gasteiger partial charge in [0, 0.05) is 32.6 Å². The average Bonchev–Trinajstić information content (AvgIpc) is 3.66. The second-order valence-corrected chi connectivity index (χ2v) is 10.1. The molecule has 0 fully saturated rings. The minimum atomic E-state index is 0.906. The third-order valence-corrected chi connectivity index (χ3v) is 8.00. The standard InChI is InChI=1S/C36H21NO2/c1-4-15-29-27(12-1)35-30(20-19-26-25-11-2-5-16-31(25)39-36(26)35)37(29)23-10-7-9-22(21-23)24-14-8-18-33-34(24)28-13-3-6-17-32(28)38-33/h1-21H. The Kier molecular flexibility index (Phi) is 4.05. The third kappa shape index (κ3) is 2.82. The van der Waals surface area contributed by atoms with E-state index in [1.807, 2.05) is 30.3 Å². The quantitative estimate of drug-likeness (QED) is 0.237. The normalized spacial score (nSPS) is 12.1. The Morgan fingerprint density at radius 3 is 2.05 bits per heavy atom. The molecule has 0 spiro atoms. The zero-order valence-corrected chi connectivity index (χ0v) is 20.9. The Morgan fingerprint density at radius 2 is 1.15 bits per heavy atom. The summed E-state index contributed by atoms with van der Waals surface area (Å²) in [5.74, 6) is 0. The second-order valence-electron chi connectivity index (χ2n) is 10.1. The van der Waals surface area contributed by atoms with Crippen molar-refractivity contribution in [3.05, 3.63) is 127 Å². The fourth-order valence-corrected chi connectivity index (χ4v) is 6.34. The molecule has 6 aromatic carbocycles. The Balaban J connectivity index is 1.35. The van der Waals surface area contributed by atoms with Gasteiger partial charge in [-0.05, 0) is 59.7 Å². The highest BCUT2D eigenvalue weighted by Gasteiger charge is 2.19. The second kappa shape index (κ2) is 7.62. The Morgan fingerprint density at radius 1 is 0.436 bits per heavy atom. The number of rotatable bonds is 2. The molecule has 3 aromatic heterocycles. The summed E-state index contributed by atoms with van der Waals surface area (Å²) in [4.78, 5) is 0. The molecule has 3 heteroatoms. The third-order valence-electron chi connectivity index (χ3n) is 8.00. The minimum Gasteiger partial charge on any atom is -0.456 e. The van der Waals surface area contributed by atoms with E-state index in [0.29, 0.717) is 0 Å². The van der Waals surface area contributed by atoms with Crippen LogP contribution in [0.4, 0.5) is 0 Å². The minimum absolute atomic E-state index is 0.906. The largest absolute Gasteiger partial charge is 0.456 e. The summed E-state index contributed by atoms with van der Waals surface area (Å²) in [6.07, 6.45) is 0. The van der Waals surface area contributed by atoms with Crippen molar-refractivity contribution in [2.75, 3.05) is 0 Å². The summed E-state index contributed by atoms with van der Waals surface area (Å²) in [5.41, 5.74) is 9.39. The van der Waals surface area contributed by atoms with Crippen LogP contribution in [0.3, 0.4) is 0 Å². The van der Waals surface area contributed by atoms with E-state index >= 15 is 0 Å². The molecule has 0 amide bonds. The van der Waals surface area contributed by atoms with Crippen molar-refractivity contribution < 1.29 is 8.83 Å². The maximum Gasteiger partial charge on any atom is 0.145 e. The first-order valence-electron chi connectivity index (χ1n) is 13.2. The van der Waals surface area contributed by atoms with Gasteiger partial charge in [-0.3, -0.25) is 0 Å². The van der Waals surface area contributed by atoms with Crippen molar-refractivity contribution in [2.24, 2.45) is 0 Å². The molecule has 182 valence electrons. The molecule has 3 heterocycles. The van der Waals surface area contributed by atoms with Gasteiger partial charge in [-0.1, -0.05) is 78.9 Å². The number of hydrogen-bond donors (Lipinski definition) is 0. The maximum atomic E-state index is 6.47. The van der Waals surface area contributed by atoms with Crippen LogP contribution >= 0.6 is 0 Å². The van der Waals surface area contributed by atoms with Gasteiger partial charge in [0.1, 0.15) is 22.3 Å². The highest BCUT2D eigenvalue weighted by atomic mass is 16.3. The fourth-order valence-electron chi connectivity index (χ4n) is 6.34. The molecule has 0 unspecified atom stereocenters. The highest BCUT2D eigenvalue weighted by molar-refractivity contribution is 6.24.